The van der Waals surface area contributed by atoms with E-state index in [9.17, 15) is 4.79 Å². The zero-order valence-corrected chi connectivity index (χ0v) is 18.1. The van der Waals surface area contributed by atoms with E-state index in [1.807, 2.05) is 36.1 Å². The summed E-state index contributed by atoms with van der Waals surface area (Å²) in [5, 5.41) is 8.96. The van der Waals surface area contributed by atoms with Crippen LogP contribution in [-0.2, 0) is 11.2 Å². The van der Waals surface area contributed by atoms with Crippen LogP contribution in [0.2, 0.25) is 5.02 Å². The normalized spacial score (nSPS) is 14.3. The van der Waals surface area contributed by atoms with Crippen LogP contribution in [0, 0.1) is 6.92 Å². The molecule has 0 aliphatic carbocycles. The molecule has 30 heavy (non-hydrogen) atoms. The Kier molecular flexibility index (Phi) is 5.72. The number of halogens is 1. The number of methoxy groups -OCH3 is 2. The highest BCUT2D eigenvalue weighted by Crippen LogP contribution is 2.33. The topological polar surface area (TPSA) is 70.7 Å². The van der Waals surface area contributed by atoms with Gasteiger partial charge in [-0.3, -0.25) is 9.89 Å². The van der Waals surface area contributed by atoms with Crippen molar-refractivity contribution in [1.82, 2.24) is 15.1 Å². The van der Waals surface area contributed by atoms with Gasteiger partial charge in [-0.1, -0.05) is 17.7 Å². The summed E-state index contributed by atoms with van der Waals surface area (Å²) in [5.41, 5.74) is 3.74. The maximum absolute atomic E-state index is 12.9. The number of carbonyl (C=O) groups is 1. The Morgan fingerprint density at radius 2 is 1.83 bits per heavy atom. The van der Waals surface area contributed by atoms with Gasteiger partial charge in [0.1, 0.15) is 0 Å². The second kappa shape index (κ2) is 8.44. The number of hydrogen-bond acceptors (Lipinski definition) is 5. The van der Waals surface area contributed by atoms with Crippen LogP contribution in [0.15, 0.2) is 30.3 Å². The first kappa shape index (κ1) is 20.3. The molecule has 1 aliphatic heterocycles. The molecule has 0 unspecified atom stereocenters. The highest BCUT2D eigenvalue weighted by molar-refractivity contribution is 6.31. The number of fused-ring (bicyclic) bond motifs is 1. The molecule has 7 nitrogen and oxygen atoms in total. The zero-order chi connectivity index (χ0) is 21.3. The van der Waals surface area contributed by atoms with Crippen LogP contribution < -0.4 is 14.4 Å². The van der Waals surface area contributed by atoms with Gasteiger partial charge in [0.25, 0.3) is 0 Å². The summed E-state index contributed by atoms with van der Waals surface area (Å²) in [6.45, 7) is 4.94. The van der Waals surface area contributed by atoms with Crippen LogP contribution in [0.5, 0.6) is 11.5 Å². The molecule has 158 valence electrons. The average Bonchev–Trinajstić information content (AvgIpc) is 3.16. The molecule has 0 bridgehead atoms. The number of piperazine rings is 1. The van der Waals surface area contributed by atoms with Crippen molar-refractivity contribution >= 4 is 34.1 Å². The van der Waals surface area contributed by atoms with Crippen LogP contribution in [-0.4, -0.2) is 61.4 Å². The predicted molar refractivity (Wildman–Crippen MR) is 118 cm³/mol. The summed E-state index contributed by atoms with van der Waals surface area (Å²) >= 11 is 6.26. The van der Waals surface area contributed by atoms with Crippen molar-refractivity contribution < 1.29 is 14.3 Å². The lowest BCUT2D eigenvalue weighted by molar-refractivity contribution is -0.130. The van der Waals surface area contributed by atoms with E-state index in [-0.39, 0.29) is 12.3 Å². The first-order valence-corrected chi connectivity index (χ1v) is 10.3. The number of nitrogens with zero attached hydrogens (tertiary/aromatic N) is 3. The largest absolute Gasteiger partial charge is 0.493 e. The van der Waals surface area contributed by atoms with Crippen LogP contribution in [0.3, 0.4) is 0 Å². The molecule has 1 aliphatic rings. The van der Waals surface area contributed by atoms with Crippen molar-refractivity contribution in [2.75, 3.05) is 45.3 Å². The van der Waals surface area contributed by atoms with Gasteiger partial charge in [-0.25, -0.2) is 0 Å². The second-order valence-corrected chi connectivity index (χ2v) is 7.76. The lowest BCUT2D eigenvalue weighted by Crippen LogP contribution is -2.49. The van der Waals surface area contributed by atoms with E-state index in [4.69, 9.17) is 21.1 Å². The summed E-state index contributed by atoms with van der Waals surface area (Å²) in [6.07, 6.45) is 0.266. The standard InChI is InChI=1S/C22H25ClN4O3/c1-14-16(23)5-4-6-19(14)26-7-9-27(10-8-26)22(28)13-18-15-11-20(29-2)21(30-3)12-17(15)24-25-18/h4-6,11-12H,7-10,13H2,1-3H3,(H,24,25). The smallest absolute Gasteiger partial charge is 0.228 e. The lowest BCUT2D eigenvalue weighted by atomic mass is 10.1. The van der Waals surface area contributed by atoms with Crippen LogP contribution in [0.1, 0.15) is 11.3 Å². The molecule has 1 amide bonds. The number of amides is 1. The molecule has 1 fully saturated rings. The Bertz CT molecular complexity index is 1070. The molecule has 3 aromatic rings. The third-order valence-corrected chi connectivity index (χ3v) is 6.09. The number of carbonyl (C=O) groups excluding carboxylic acids is 1. The summed E-state index contributed by atoms with van der Waals surface area (Å²) in [6, 6.07) is 9.62. The molecule has 2 heterocycles. The molecule has 0 radical (unpaired) electrons. The summed E-state index contributed by atoms with van der Waals surface area (Å²) in [7, 11) is 3.18. The highest BCUT2D eigenvalue weighted by Gasteiger charge is 2.24. The fourth-order valence-corrected chi connectivity index (χ4v) is 4.09. The van der Waals surface area contributed by atoms with Crippen molar-refractivity contribution in [2.24, 2.45) is 0 Å². The first-order valence-electron chi connectivity index (χ1n) is 9.88. The zero-order valence-electron chi connectivity index (χ0n) is 17.4. The number of nitrogens with one attached hydrogen (secondary N) is 1. The predicted octanol–water partition coefficient (Wildman–Crippen LogP) is 3.43. The number of aromatic nitrogens is 2. The molecule has 0 atom stereocenters. The minimum atomic E-state index is 0.0813. The summed E-state index contributed by atoms with van der Waals surface area (Å²) in [5.74, 6) is 1.31. The molecule has 1 aromatic heterocycles. The van der Waals surface area contributed by atoms with Gasteiger partial charge >= 0.3 is 0 Å². The van der Waals surface area contributed by atoms with Crippen LogP contribution in [0.25, 0.3) is 10.9 Å². The fourth-order valence-electron chi connectivity index (χ4n) is 3.92. The Hall–Kier alpha value is -2.93. The van der Waals surface area contributed by atoms with Gasteiger partial charge in [-0.05, 0) is 30.7 Å². The molecular formula is C22H25ClN4O3. The number of anilines is 1. The van der Waals surface area contributed by atoms with Crippen molar-refractivity contribution in [3.8, 4) is 11.5 Å². The number of ether oxygens (including phenoxy) is 2. The molecule has 8 heteroatoms. The number of rotatable bonds is 5. The average molecular weight is 429 g/mol. The van der Waals surface area contributed by atoms with Crippen molar-refractivity contribution in [3.05, 3.63) is 46.6 Å². The van der Waals surface area contributed by atoms with Crippen LogP contribution in [0.4, 0.5) is 5.69 Å². The highest BCUT2D eigenvalue weighted by atomic mass is 35.5. The number of aromatic amines is 1. The molecule has 1 saturated heterocycles. The first-order chi connectivity index (χ1) is 14.5. The van der Waals surface area contributed by atoms with E-state index in [1.165, 1.54) is 0 Å². The Morgan fingerprint density at radius 1 is 1.13 bits per heavy atom. The SMILES string of the molecule is COc1cc2n[nH]c(CC(=O)N3CCN(c4cccc(Cl)c4C)CC3)c2cc1OC. The second-order valence-electron chi connectivity index (χ2n) is 7.36. The van der Waals surface area contributed by atoms with Crippen molar-refractivity contribution in [1.29, 1.82) is 0 Å². The van der Waals surface area contributed by atoms with Gasteiger partial charge in [0, 0.05) is 48.3 Å². The summed E-state index contributed by atoms with van der Waals surface area (Å²) < 4.78 is 10.7. The third-order valence-electron chi connectivity index (χ3n) is 5.68. The van der Waals surface area contributed by atoms with Gasteiger partial charge in [0.05, 0.1) is 31.9 Å². The summed E-state index contributed by atoms with van der Waals surface area (Å²) in [4.78, 5) is 17.1. The van der Waals surface area contributed by atoms with E-state index < -0.39 is 0 Å². The molecule has 0 spiro atoms. The van der Waals surface area contributed by atoms with Gasteiger partial charge < -0.3 is 19.3 Å². The Morgan fingerprint density at radius 3 is 2.53 bits per heavy atom. The molecule has 2 aromatic carbocycles. The Labute approximate surface area is 180 Å². The molecule has 1 N–H and O–H groups in total. The van der Waals surface area contributed by atoms with Gasteiger partial charge in [0.15, 0.2) is 11.5 Å². The minimum Gasteiger partial charge on any atom is -0.493 e. The van der Waals surface area contributed by atoms with Crippen LogP contribution >= 0.6 is 11.6 Å². The number of hydrogen-bond donors (Lipinski definition) is 1. The number of benzene rings is 2. The third kappa shape index (κ3) is 3.77. The quantitative estimate of drug-likeness (QED) is 0.674. The molecule has 4 rings (SSSR count). The van der Waals surface area contributed by atoms with Crippen molar-refractivity contribution in [2.45, 2.75) is 13.3 Å². The van der Waals surface area contributed by atoms with Crippen molar-refractivity contribution in [3.63, 3.8) is 0 Å². The van der Waals surface area contributed by atoms with E-state index in [0.717, 1.165) is 46.0 Å². The van der Waals surface area contributed by atoms with E-state index >= 15 is 0 Å². The maximum atomic E-state index is 12.9. The van der Waals surface area contributed by atoms with E-state index in [0.29, 0.717) is 24.6 Å². The maximum Gasteiger partial charge on any atom is 0.228 e. The lowest BCUT2D eigenvalue weighted by Gasteiger charge is -2.37. The Balaban J connectivity index is 1.45. The molecule has 0 saturated carbocycles. The van der Waals surface area contributed by atoms with Gasteiger partial charge in [0.2, 0.25) is 5.91 Å². The van der Waals surface area contributed by atoms with E-state index in [1.54, 1.807) is 14.2 Å². The van der Waals surface area contributed by atoms with Gasteiger partial charge in [-0.15, -0.1) is 0 Å². The molecular weight excluding hydrogens is 404 g/mol. The minimum absolute atomic E-state index is 0.0813. The monoisotopic (exact) mass is 428 g/mol. The fraction of sp³-hybridized carbons (Fsp3) is 0.364. The van der Waals surface area contributed by atoms with Gasteiger partial charge in [-0.2, -0.15) is 5.10 Å². The van der Waals surface area contributed by atoms with E-state index in [2.05, 4.69) is 21.2 Å². The number of H-pyrrole nitrogens is 1.